The lowest BCUT2D eigenvalue weighted by atomic mass is 9.94. The second-order valence-electron chi connectivity index (χ2n) is 4.48. The van der Waals surface area contributed by atoms with Crippen LogP contribution in [-0.2, 0) is 4.79 Å². The molecule has 1 rings (SSSR count). The summed E-state index contributed by atoms with van der Waals surface area (Å²) in [4.78, 5) is 23.5. The number of hydrogen-bond donors (Lipinski definition) is 3. The van der Waals surface area contributed by atoms with E-state index in [1.54, 1.807) is 6.07 Å². The monoisotopic (exact) mass is 346 g/mol. The van der Waals surface area contributed by atoms with Crippen LogP contribution in [0.3, 0.4) is 0 Å². The van der Waals surface area contributed by atoms with Crippen LogP contribution in [0, 0.1) is 0 Å². The predicted molar refractivity (Wildman–Crippen MR) is 77.3 cm³/mol. The second-order valence-corrected chi connectivity index (χ2v) is 5.26. The van der Waals surface area contributed by atoms with Gasteiger partial charge in [-0.2, -0.15) is 0 Å². The molecule has 2 amide bonds. The fraction of sp³-hybridized carbons (Fsp3) is 0.538. The number of nitrogens with one attached hydrogen (secondary N) is 2. The summed E-state index contributed by atoms with van der Waals surface area (Å²) in [6, 6.07) is 3.10. The first-order valence-corrected chi connectivity index (χ1v) is 7.21. The van der Waals surface area contributed by atoms with Gasteiger partial charge in [-0.25, -0.2) is 0 Å². The van der Waals surface area contributed by atoms with Gasteiger partial charge in [0.1, 0.15) is 0 Å². The molecule has 1 heterocycles. The van der Waals surface area contributed by atoms with Crippen LogP contribution in [0.4, 0.5) is 0 Å². The number of aliphatic hydroxyl groups is 1. The maximum absolute atomic E-state index is 11.8. The third-order valence-electron chi connectivity index (χ3n) is 3.27. The van der Waals surface area contributed by atoms with Crippen molar-refractivity contribution in [1.29, 1.82) is 0 Å². The van der Waals surface area contributed by atoms with E-state index >= 15 is 0 Å². The predicted octanol–water partition coefficient (Wildman–Crippen LogP) is 1.44. The van der Waals surface area contributed by atoms with E-state index in [0.29, 0.717) is 17.5 Å². The Bertz CT molecular complexity index is 460. The summed E-state index contributed by atoms with van der Waals surface area (Å²) >= 11 is 3.09. The fourth-order valence-electron chi connectivity index (χ4n) is 1.71. The van der Waals surface area contributed by atoms with Crippen molar-refractivity contribution in [1.82, 2.24) is 10.6 Å². The highest BCUT2D eigenvalue weighted by Crippen LogP contribution is 2.14. The lowest BCUT2D eigenvalue weighted by molar-refractivity contribution is -0.122. The van der Waals surface area contributed by atoms with Crippen LogP contribution in [0.2, 0.25) is 0 Å². The molecule has 6 nitrogen and oxygen atoms in total. The molecule has 0 atom stereocenters. The first-order chi connectivity index (χ1) is 9.46. The minimum Gasteiger partial charge on any atom is -0.444 e. The number of carbonyl (C=O) groups is 2. The van der Waals surface area contributed by atoms with Crippen molar-refractivity contribution >= 4 is 27.7 Å². The molecular formula is C13H19BrN2O4. The average Bonchev–Trinajstić information content (AvgIpc) is 2.89. The fourth-order valence-corrected chi connectivity index (χ4v) is 2.02. The van der Waals surface area contributed by atoms with Crippen molar-refractivity contribution in [2.45, 2.75) is 32.2 Å². The Hall–Kier alpha value is -1.34. The van der Waals surface area contributed by atoms with E-state index in [2.05, 4.69) is 26.6 Å². The van der Waals surface area contributed by atoms with Gasteiger partial charge in [0.25, 0.3) is 5.91 Å². The molecule has 0 aliphatic heterocycles. The number of amides is 2. The Balaban J connectivity index is 2.49. The highest BCUT2D eigenvalue weighted by atomic mass is 79.9. The van der Waals surface area contributed by atoms with Gasteiger partial charge in [0.2, 0.25) is 5.91 Å². The summed E-state index contributed by atoms with van der Waals surface area (Å²) in [5.41, 5.74) is -0.629. The van der Waals surface area contributed by atoms with Crippen molar-refractivity contribution in [2.75, 3.05) is 13.2 Å². The Morgan fingerprint density at radius 2 is 2.00 bits per heavy atom. The Morgan fingerprint density at radius 1 is 1.35 bits per heavy atom. The molecule has 0 aliphatic carbocycles. The molecule has 20 heavy (non-hydrogen) atoms. The van der Waals surface area contributed by atoms with Crippen LogP contribution in [0.15, 0.2) is 21.2 Å². The maximum Gasteiger partial charge on any atom is 0.287 e. The van der Waals surface area contributed by atoms with Gasteiger partial charge in [-0.05, 0) is 40.9 Å². The summed E-state index contributed by atoms with van der Waals surface area (Å²) in [6.07, 6.45) is 1.23. The largest absolute Gasteiger partial charge is 0.444 e. The van der Waals surface area contributed by atoms with Gasteiger partial charge < -0.3 is 20.2 Å². The molecule has 7 heteroatoms. The molecule has 1 aromatic heterocycles. The molecule has 0 saturated carbocycles. The van der Waals surface area contributed by atoms with Gasteiger partial charge in [0.15, 0.2) is 10.4 Å². The Morgan fingerprint density at radius 3 is 2.45 bits per heavy atom. The van der Waals surface area contributed by atoms with Crippen molar-refractivity contribution < 1.29 is 19.1 Å². The topological polar surface area (TPSA) is 91.6 Å². The molecule has 0 radical (unpaired) electrons. The second kappa shape index (κ2) is 7.44. The van der Waals surface area contributed by atoms with Crippen molar-refractivity contribution in [2.24, 2.45) is 0 Å². The maximum atomic E-state index is 11.8. The number of halogens is 1. The van der Waals surface area contributed by atoms with Gasteiger partial charge in [0.05, 0.1) is 18.7 Å². The first kappa shape index (κ1) is 16.7. The quantitative estimate of drug-likeness (QED) is 0.696. The number of hydrogen-bond acceptors (Lipinski definition) is 4. The molecule has 0 fully saturated rings. The lowest BCUT2D eigenvalue weighted by Crippen LogP contribution is -2.53. The molecule has 0 saturated heterocycles. The van der Waals surface area contributed by atoms with Gasteiger partial charge in [-0.15, -0.1) is 0 Å². The molecule has 0 aromatic carbocycles. The van der Waals surface area contributed by atoms with Crippen LogP contribution in [0.25, 0.3) is 0 Å². The molecule has 3 N–H and O–H groups in total. The van der Waals surface area contributed by atoms with Gasteiger partial charge in [0, 0.05) is 0 Å². The van der Waals surface area contributed by atoms with Crippen LogP contribution in [-0.4, -0.2) is 35.6 Å². The molecule has 0 bridgehead atoms. The van der Waals surface area contributed by atoms with E-state index in [4.69, 9.17) is 4.42 Å². The average molecular weight is 347 g/mol. The van der Waals surface area contributed by atoms with Crippen LogP contribution in [0.1, 0.15) is 37.2 Å². The Kier molecular flexibility index (Phi) is 6.22. The van der Waals surface area contributed by atoms with Crippen LogP contribution < -0.4 is 10.6 Å². The lowest BCUT2D eigenvalue weighted by Gasteiger charge is -2.30. The SMILES string of the molecule is CCC(CC)(CO)NC(=O)CNC(=O)c1ccc(Br)o1. The van der Waals surface area contributed by atoms with E-state index in [9.17, 15) is 14.7 Å². The standard InChI is InChI=1S/C13H19BrN2O4/c1-3-13(4-2,8-17)16-11(18)7-15-12(19)9-5-6-10(14)20-9/h5-6,17H,3-4,7-8H2,1-2H3,(H,15,19)(H,16,18). The highest BCUT2D eigenvalue weighted by molar-refractivity contribution is 9.10. The summed E-state index contributed by atoms with van der Waals surface area (Å²) in [7, 11) is 0. The molecule has 0 aliphatic rings. The zero-order valence-corrected chi connectivity index (χ0v) is 13.1. The molecule has 1 aromatic rings. The van der Waals surface area contributed by atoms with Crippen molar-refractivity contribution in [3.63, 3.8) is 0 Å². The minimum absolute atomic E-state index is 0.129. The number of furan rings is 1. The Labute approximate surface area is 126 Å². The summed E-state index contributed by atoms with van der Waals surface area (Å²) < 4.78 is 5.52. The number of rotatable bonds is 7. The summed E-state index contributed by atoms with van der Waals surface area (Å²) in [6.45, 7) is 3.47. The normalized spacial score (nSPS) is 11.2. The zero-order chi connectivity index (χ0) is 15.2. The van der Waals surface area contributed by atoms with Gasteiger partial charge in [-0.1, -0.05) is 13.8 Å². The van der Waals surface area contributed by atoms with E-state index in [1.807, 2.05) is 13.8 Å². The smallest absolute Gasteiger partial charge is 0.287 e. The molecule has 112 valence electrons. The van der Waals surface area contributed by atoms with Gasteiger partial charge >= 0.3 is 0 Å². The van der Waals surface area contributed by atoms with E-state index < -0.39 is 11.4 Å². The van der Waals surface area contributed by atoms with E-state index in [1.165, 1.54) is 6.07 Å². The first-order valence-electron chi connectivity index (χ1n) is 6.41. The third kappa shape index (κ3) is 4.35. The summed E-state index contributed by atoms with van der Waals surface area (Å²) in [5, 5.41) is 14.6. The third-order valence-corrected chi connectivity index (χ3v) is 3.69. The molecule has 0 unspecified atom stereocenters. The highest BCUT2D eigenvalue weighted by Gasteiger charge is 2.27. The zero-order valence-electron chi connectivity index (χ0n) is 11.5. The van der Waals surface area contributed by atoms with Crippen LogP contribution in [0.5, 0.6) is 0 Å². The summed E-state index contributed by atoms with van der Waals surface area (Å²) in [5.74, 6) is -0.681. The van der Waals surface area contributed by atoms with Crippen LogP contribution >= 0.6 is 15.9 Å². The van der Waals surface area contributed by atoms with Crippen molar-refractivity contribution in [3.05, 3.63) is 22.6 Å². The van der Waals surface area contributed by atoms with Crippen molar-refractivity contribution in [3.8, 4) is 0 Å². The minimum atomic E-state index is -0.629. The molecule has 0 spiro atoms. The van der Waals surface area contributed by atoms with Gasteiger partial charge in [-0.3, -0.25) is 9.59 Å². The number of carbonyl (C=O) groups excluding carboxylic acids is 2. The number of aliphatic hydroxyl groups excluding tert-OH is 1. The molecular weight excluding hydrogens is 328 g/mol. The van der Waals surface area contributed by atoms with E-state index in [-0.39, 0.29) is 24.8 Å². The van der Waals surface area contributed by atoms with E-state index in [0.717, 1.165) is 0 Å².